The third-order valence-corrected chi connectivity index (χ3v) is 7.99. The molecule has 0 aliphatic carbocycles. The van der Waals surface area contributed by atoms with Crippen LogP contribution in [-0.4, -0.2) is 49.9 Å². The van der Waals surface area contributed by atoms with E-state index in [1.165, 1.54) is 25.7 Å². The van der Waals surface area contributed by atoms with Crippen LogP contribution < -0.4 is 9.47 Å². The number of rotatable bonds is 22. The topological polar surface area (TPSA) is 54.0 Å². The van der Waals surface area contributed by atoms with Crippen molar-refractivity contribution in [1.82, 2.24) is 0 Å². The SMILES string of the molecule is CCCCCC[C@H](C)OCc1ccc(-c2ccc(OC(=O)c3ccc(OCCCCCCOCC(F)(F)C(F)(F)C(F)(F)F)cc3)cc2)cc1. The van der Waals surface area contributed by atoms with Crippen molar-refractivity contribution in [2.45, 2.75) is 102 Å². The van der Waals surface area contributed by atoms with Crippen molar-refractivity contribution in [1.29, 1.82) is 0 Å². The fraction of sp³-hybridized carbons (Fsp3) is 0.500. The Balaban J connectivity index is 1.32. The maximum Gasteiger partial charge on any atom is 0.459 e. The van der Waals surface area contributed by atoms with Crippen LogP contribution >= 0.6 is 0 Å². The van der Waals surface area contributed by atoms with E-state index >= 15 is 0 Å². The minimum atomic E-state index is -6.37. The summed E-state index contributed by atoms with van der Waals surface area (Å²) in [6.07, 6.45) is 1.67. The van der Waals surface area contributed by atoms with Crippen LogP contribution in [0.25, 0.3) is 11.1 Å². The molecule has 0 aliphatic heterocycles. The lowest BCUT2D eigenvalue weighted by molar-refractivity contribution is -0.361. The molecule has 3 aromatic rings. The number of esters is 1. The van der Waals surface area contributed by atoms with Gasteiger partial charge in [0.1, 0.15) is 18.1 Å². The number of ether oxygens (including phenoxy) is 4. The number of unbranched alkanes of at least 4 members (excludes halogenated alkanes) is 6. The predicted molar refractivity (Wildman–Crippen MR) is 177 cm³/mol. The van der Waals surface area contributed by atoms with Crippen LogP contribution in [0.5, 0.6) is 11.5 Å². The molecule has 5 nitrogen and oxygen atoms in total. The second kappa shape index (κ2) is 19.7. The highest BCUT2D eigenvalue weighted by Gasteiger charge is 2.72. The largest absolute Gasteiger partial charge is 0.494 e. The Labute approximate surface area is 289 Å². The van der Waals surface area contributed by atoms with Gasteiger partial charge < -0.3 is 18.9 Å². The Morgan fingerprint density at radius 1 is 0.680 bits per heavy atom. The second-order valence-corrected chi connectivity index (χ2v) is 12.2. The molecular formula is C38H45F7O5. The van der Waals surface area contributed by atoms with E-state index in [-0.39, 0.29) is 19.1 Å². The molecular weight excluding hydrogens is 669 g/mol. The van der Waals surface area contributed by atoms with E-state index < -0.39 is 30.6 Å². The molecule has 0 aliphatic rings. The van der Waals surface area contributed by atoms with E-state index in [0.29, 0.717) is 49.5 Å². The summed E-state index contributed by atoms with van der Waals surface area (Å²) in [7, 11) is 0. The number of hydrogen-bond acceptors (Lipinski definition) is 5. The average Bonchev–Trinajstić information content (AvgIpc) is 3.08. The van der Waals surface area contributed by atoms with E-state index in [1.54, 1.807) is 36.4 Å². The Morgan fingerprint density at radius 2 is 1.24 bits per heavy atom. The standard InChI is InChI=1S/C38H45F7O5/c1-3-4-5-8-11-28(2)49-26-29-12-14-30(15-13-29)31-16-22-34(23-17-31)50-35(46)32-18-20-33(21-19-32)48-25-10-7-6-9-24-47-27-36(39,40)37(41,42)38(43,44)45/h12-23,28H,3-11,24-27H2,1-2H3/t28-/m0/s1. The molecule has 0 saturated heterocycles. The van der Waals surface area contributed by atoms with E-state index in [9.17, 15) is 35.5 Å². The molecule has 1 atom stereocenters. The van der Waals surface area contributed by atoms with Crippen molar-refractivity contribution in [3.05, 3.63) is 83.9 Å². The molecule has 0 radical (unpaired) electrons. The van der Waals surface area contributed by atoms with Crippen LogP contribution in [-0.2, 0) is 16.1 Å². The number of carbonyl (C=O) groups excluding carboxylic acids is 1. The van der Waals surface area contributed by atoms with Crippen molar-refractivity contribution in [2.24, 2.45) is 0 Å². The van der Waals surface area contributed by atoms with Gasteiger partial charge in [-0.3, -0.25) is 0 Å². The third kappa shape index (κ3) is 12.9. The molecule has 0 saturated carbocycles. The van der Waals surface area contributed by atoms with Gasteiger partial charge in [0.2, 0.25) is 0 Å². The van der Waals surface area contributed by atoms with E-state index in [1.807, 2.05) is 24.3 Å². The molecule has 0 bridgehead atoms. The first-order chi connectivity index (χ1) is 23.7. The van der Waals surface area contributed by atoms with Gasteiger partial charge in [-0.05, 0) is 85.7 Å². The van der Waals surface area contributed by atoms with Gasteiger partial charge in [0, 0.05) is 6.61 Å². The molecule has 276 valence electrons. The molecule has 12 heteroatoms. The van der Waals surface area contributed by atoms with Crippen LogP contribution in [0.1, 0.15) is 87.6 Å². The number of carbonyl (C=O) groups is 1. The van der Waals surface area contributed by atoms with Gasteiger partial charge in [-0.15, -0.1) is 0 Å². The Kier molecular flexibility index (Phi) is 16.0. The lowest BCUT2D eigenvalue weighted by Crippen LogP contribution is -2.54. The predicted octanol–water partition coefficient (Wildman–Crippen LogP) is 11.2. The first-order valence-corrected chi connectivity index (χ1v) is 16.9. The summed E-state index contributed by atoms with van der Waals surface area (Å²) in [6.45, 7) is 2.79. The van der Waals surface area contributed by atoms with Gasteiger partial charge in [0.05, 0.1) is 24.9 Å². The Morgan fingerprint density at radius 3 is 1.84 bits per heavy atom. The molecule has 0 aromatic heterocycles. The zero-order chi connectivity index (χ0) is 36.6. The minimum Gasteiger partial charge on any atom is -0.494 e. The normalized spacial score (nSPS) is 12.9. The number of alkyl halides is 7. The highest BCUT2D eigenvalue weighted by molar-refractivity contribution is 5.91. The fourth-order valence-electron chi connectivity index (χ4n) is 4.89. The summed E-state index contributed by atoms with van der Waals surface area (Å²) in [5.41, 5.74) is 3.45. The maximum absolute atomic E-state index is 13.2. The summed E-state index contributed by atoms with van der Waals surface area (Å²) in [4.78, 5) is 12.7. The van der Waals surface area contributed by atoms with Crippen molar-refractivity contribution in [3.63, 3.8) is 0 Å². The summed E-state index contributed by atoms with van der Waals surface area (Å²) in [5.74, 6) is -11.1. The molecule has 0 N–H and O–H groups in total. The molecule has 0 heterocycles. The molecule has 3 rings (SSSR count). The van der Waals surface area contributed by atoms with Crippen molar-refractivity contribution < 1.29 is 54.5 Å². The monoisotopic (exact) mass is 714 g/mol. The summed E-state index contributed by atoms with van der Waals surface area (Å²) >= 11 is 0. The number of hydrogen-bond donors (Lipinski definition) is 0. The molecule has 0 unspecified atom stereocenters. The summed E-state index contributed by atoms with van der Waals surface area (Å²) in [6, 6.07) is 21.8. The second-order valence-electron chi connectivity index (χ2n) is 12.2. The molecule has 50 heavy (non-hydrogen) atoms. The number of halogens is 7. The van der Waals surface area contributed by atoms with Crippen molar-refractivity contribution >= 4 is 5.97 Å². The van der Waals surface area contributed by atoms with Crippen LogP contribution in [0.15, 0.2) is 72.8 Å². The smallest absolute Gasteiger partial charge is 0.459 e. The first kappa shape index (κ1) is 40.8. The van der Waals surface area contributed by atoms with Crippen LogP contribution in [0.4, 0.5) is 30.7 Å². The van der Waals surface area contributed by atoms with Gasteiger partial charge in [0.25, 0.3) is 0 Å². The van der Waals surface area contributed by atoms with Gasteiger partial charge in [-0.25, -0.2) is 4.79 Å². The van der Waals surface area contributed by atoms with Gasteiger partial charge in [-0.1, -0.05) is 75.4 Å². The summed E-state index contributed by atoms with van der Waals surface area (Å²) in [5, 5.41) is 0. The zero-order valence-corrected chi connectivity index (χ0v) is 28.4. The summed E-state index contributed by atoms with van der Waals surface area (Å²) < 4.78 is 110. The van der Waals surface area contributed by atoms with Crippen molar-refractivity contribution in [2.75, 3.05) is 19.8 Å². The van der Waals surface area contributed by atoms with E-state index in [2.05, 4.69) is 30.7 Å². The van der Waals surface area contributed by atoms with Crippen LogP contribution in [0, 0.1) is 0 Å². The zero-order valence-electron chi connectivity index (χ0n) is 28.4. The Bertz CT molecular complexity index is 1410. The molecule has 0 fully saturated rings. The lowest BCUT2D eigenvalue weighted by atomic mass is 10.0. The van der Waals surface area contributed by atoms with Gasteiger partial charge in [0.15, 0.2) is 0 Å². The van der Waals surface area contributed by atoms with Crippen LogP contribution in [0.2, 0.25) is 0 Å². The maximum atomic E-state index is 13.2. The van der Waals surface area contributed by atoms with Crippen molar-refractivity contribution in [3.8, 4) is 22.6 Å². The molecule has 0 spiro atoms. The first-order valence-electron chi connectivity index (χ1n) is 16.9. The fourth-order valence-corrected chi connectivity index (χ4v) is 4.89. The molecule has 3 aromatic carbocycles. The number of benzene rings is 3. The average molecular weight is 715 g/mol. The molecule has 0 amide bonds. The van der Waals surface area contributed by atoms with E-state index in [4.69, 9.17) is 14.2 Å². The van der Waals surface area contributed by atoms with Gasteiger partial charge >= 0.3 is 24.0 Å². The third-order valence-electron chi connectivity index (χ3n) is 7.99. The van der Waals surface area contributed by atoms with Gasteiger partial charge in [-0.2, -0.15) is 30.7 Å². The quantitative estimate of drug-likeness (QED) is 0.0449. The van der Waals surface area contributed by atoms with Crippen LogP contribution in [0.3, 0.4) is 0 Å². The highest BCUT2D eigenvalue weighted by atomic mass is 19.4. The lowest BCUT2D eigenvalue weighted by Gasteiger charge is -2.27. The van der Waals surface area contributed by atoms with E-state index in [0.717, 1.165) is 23.1 Å². The minimum absolute atomic E-state index is 0.203. The highest BCUT2D eigenvalue weighted by Crippen LogP contribution is 2.46. The Hall–Kier alpha value is -3.64.